The quantitative estimate of drug-likeness (QED) is 0.561. The van der Waals surface area contributed by atoms with E-state index in [1.807, 2.05) is 0 Å². The molecule has 0 aromatic heterocycles. The van der Waals surface area contributed by atoms with Gasteiger partial charge in [0.2, 0.25) is 11.8 Å². The van der Waals surface area contributed by atoms with Crippen molar-refractivity contribution in [2.45, 2.75) is 51.8 Å². The standard InChI is InChI=1S/C19H30N3O5P/c1-19(2,3)27-18(25)22-15(10-11-16(20)23)17(24)21-12-13-6-8-14(9-7-13)28(4,5)26/h6-9,15H,10-12H2,1-5H3,(H2,20,23)(H,21,24)(H,22,25)/t15-/m0/s1. The van der Waals surface area contributed by atoms with E-state index in [1.165, 1.54) is 0 Å². The number of hydrogen-bond acceptors (Lipinski definition) is 5. The highest BCUT2D eigenvalue weighted by atomic mass is 31.2. The van der Waals surface area contributed by atoms with Crippen LogP contribution in [0.2, 0.25) is 0 Å². The molecule has 0 saturated heterocycles. The minimum Gasteiger partial charge on any atom is -0.444 e. The van der Waals surface area contributed by atoms with Gasteiger partial charge in [0.1, 0.15) is 18.8 Å². The van der Waals surface area contributed by atoms with Gasteiger partial charge in [-0.1, -0.05) is 24.3 Å². The Bertz CT molecular complexity index is 750. The van der Waals surface area contributed by atoms with Crippen molar-refractivity contribution >= 4 is 30.4 Å². The Kier molecular flexibility index (Phi) is 8.24. The van der Waals surface area contributed by atoms with E-state index >= 15 is 0 Å². The van der Waals surface area contributed by atoms with Crippen molar-refractivity contribution in [1.82, 2.24) is 10.6 Å². The van der Waals surface area contributed by atoms with Gasteiger partial charge in [0, 0.05) is 18.3 Å². The summed E-state index contributed by atoms with van der Waals surface area (Å²) in [5.41, 5.74) is 5.25. The molecule has 1 atom stereocenters. The zero-order chi connectivity index (χ0) is 21.5. The molecule has 0 heterocycles. The summed E-state index contributed by atoms with van der Waals surface area (Å²) in [6.07, 6.45) is -0.734. The first-order valence-corrected chi connectivity index (χ1v) is 11.6. The van der Waals surface area contributed by atoms with Gasteiger partial charge in [-0.05, 0) is 46.1 Å². The summed E-state index contributed by atoms with van der Waals surface area (Å²) in [6.45, 7) is 8.73. The average molecular weight is 411 g/mol. The van der Waals surface area contributed by atoms with Gasteiger partial charge in [0.25, 0.3) is 0 Å². The summed E-state index contributed by atoms with van der Waals surface area (Å²) < 4.78 is 17.2. The fourth-order valence-corrected chi connectivity index (χ4v) is 3.16. The van der Waals surface area contributed by atoms with Crippen LogP contribution in [0.4, 0.5) is 4.79 Å². The summed E-state index contributed by atoms with van der Waals surface area (Å²) in [5.74, 6) is -1.02. The summed E-state index contributed by atoms with van der Waals surface area (Å²) in [7, 11) is -2.34. The number of rotatable bonds is 8. The molecule has 28 heavy (non-hydrogen) atoms. The monoisotopic (exact) mass is 411 g/mol. The third-order valence-electron chi connectivity index (χ3n) is 3.71. The number of hydrogen-bond donors (Lipinski definition) is 3. The van der Waals surface area contributed by atoms with Crippen LogP contribution in [-0.4, -0.2) is 42.9 Å². The average Bonchev–Trinajstić information content (AvgIpc) is 2.54. The van der Waals surface area contributed by atoms with Gasteiger partial charge in [-0.25, -0.2) is 4.79 Å². The molecule has 0 fully saturated rings. The summed E-state index contributed by atoms with van der Waals surface area (Å²) >= 11 is 0. The van der Waals surface area contributed by atoms with Crippen molar-refractivity contribution in [2.75, 3.05) is 13.3 Å². The largest absolute Gasteiger partial charge is 0.444 e. The summed E-state index contributed by atoms with van der Waals surface area (Å²) in [4.78, 5) is 35.5. The van der Waals surface area contributed by atoms with E-state index < -0.39 is 36.7 Å². The van der Waals surface area contributed by atoms with Crippen LogP contribution in [0, 0.1) is 0 Å². The maximum atomic E-state index is 12.5. The second-order valence-corrected chi connectivity index (χ2v) is 11.2. The second kappa shape index (κ2) is 9.73. The van der Waals surface area contributed by atoms with Crippen LogP contribution < -0.4 is 21.7 Å². The number of primary amides is 1. The van der Waals surface area contributed by atoms with Crippen molar-refractivity contribution in [3.63, 3.8) is 0 Å². The minimum atomic E-state index is -2.34. The Labute approximate surface area is 166 Å². The van der Waals surface area contributed by atoms with Gasteiger partial charge in [-0.3, -0.25) is 9.59 Å². The van der Waals surface area contributed by atoms with Gasteiger partial charge >= 0.3 is 6.09 Å². The molecule has 9 heteroatoms. The molecule has 1 aromatic rings. The van der Waals surface area contributed by atoms with E-state index in [-0.39, 0.29) is 19.4 Å². The van der Waals surface area contributed by atoms with Gasteiger partial charge in [-0.15, -0.1) is 0 Å². The van der Waals surface area contributed by atoms with Crippen LogP contribution in [0.3, 0.4) is 0 Å². The first-order valence-electron chi connectivity index (χ1n) is 8.98. The molecule has 0 aliphatic heterocycles. The topological polar surface area (TPSA) is 128 Å². The van der Waals surface area contributed by atoms with Crippen molar-refractivity contribution < 1.29 is 23.7 Å². The molecule has 0 saturated carbocycles. The lowest BCUT2D eigenvalue weighted by Gasteiger charge is -2.23. The Balaban J connectivity index is 2.73. The second-order valence-electron chi connectivity index (χ2n) is 7.94. The van der Waals surface area contributed by atoms with Crippen LogP contribution >= 0.6 is 7.14 Å². The molecule has 4 N–H and O–H groups in total. The van der Waals surface area contributed by atoms with E-state index in [9.17, 15) is 18.9 Å². The smallest absolute Gasteiger partial charge is 0.408 e. The molecule has 3 amide bonds. The van der Waals surface area contributed by atoms with Gasteiger partial charge < -0.3 is 25.7 Å². The number of benzene rings is 1. The minimum absolute atomic E-state index is 0.0507. The van der Waals surface area contributed by atoms with Crippen molar-refractivity contribution in [1.29, 1.82) is 0 Å². The highest BCUT2D eigenvalue weighted by molar-refractivity contribution is 7.70. The normalized spacial score (nSPS) is 12.8. The predicted octanol–water partition coefficient (Wildman–Crippen LogP) is 1.71. The lowest BCUT2D eigenvalue weighted by Crippen LogP contribution is -2.48. The number of amides is 3. The van der Waals surface area contributed by atoms with Gasteiger partial charge in [0.05, 0.1) is 0 Å². The van der Waals surface area contributed by atoms with E-state index in [0.29, 0.717) is 0 Å². The molecular weight excluding hydrogens is 381 g/mol. The van der Waals surface area contributed by atoms with Crippen LogP contribution in [0.15, 0.2) is 24.3 Å². The number of carbonyl (C=O) groups excluding carboxylic acids is 3. The number of carbonyl (C=O) groups is 3. The number of ether oxygens (including phenoxy) is 1. The molecular formula is C19H30N3O5P. The first kappa shape index (κ1) is 23.7. The maximum Gasteiger partial charge on any atom is 0.408 e. The summed E-state index contributed by atoms with van der Waals surface area (Å²) in [6, 6.07) is 6.16. The lowest BCUT2D eigenvalue weighted by molar-refractivity contribution is -0.124. The maximum absolute atomic E-state index is 12.5. The van der Waals surface area contributed by atoms with Crippen molar-refractivity contribution in [3.8, 4) is 0 Å². The molecule has 0 aliphatic rings. The Morgan fingerprint density at radius 1 is 1.14 bits per heavy atom. The first-order chi connectivity index (χ1) is 12.8. The summed E-state index contributed by atoms with van der Waals surface area (Å²) in [5, 5.41) is 5.95. The van der Waals surface area contributed by atoms with E-state index in [1.54, 1.807) is 58.4 Å². The molecule has 0 aliphatic carbocycles. The van der Waals surface area contributed by atoms with Crippen LogP contribution in [-0.2, 0) is 25.4 Å². The molecule has 0 bridgehead atoms. The third kappa shape index (κ3) is 9.04. The zero-order valence-corrected chi connectivity index (χ0v) is 18.0. The Morgan fingerprint density at radius 3 is 2.18 bits per heavy atom. The Morgan fingerprint density at radius 2 is 1.71 bits per heavy atom. The molecule has 8 nitrogen and oxygen atoms in total. The SMILES string of the molecule is CC(C)(C)OC(=O)N[C@@H](CCC(N)=O)C(=O)NCc1ccc(P(C)(C)=O)cc1. The zero-order valence-electron chi connectivity index (χ0n) is 17.1. The molecule has 156 valence electrons. The number of alkyl carbamates (subject to hydrolysis) is 1. The van der Waals surface area contributed by atoms with Crippen LogP contribution in [0.25, 0.3) is 0 Å². The molecule has 1 aromatic carbocycles. The highest BCUT2D eigenvalue weighted by Crippen LogP contribution is 2.34. The predicted molar refractivity (Wildman–Crippen MR) is 109 cm³/mol. The van der Waals surface area contributed by atoms with Gasteiger partial charge in [-0.2, -0.15) is 0 Å². The molecule has 0 unspecified atom stereocenters. The number of nitrogens with one attached hydrogen (secondary N) is 2. The van der Waals surface area contributed by atoms with E-state index in [4.69, 9.17) is 10.5 Å². The van der Waals surface area contributed by atoms with Crippen molar-refractivity contribution in [2.24, 2.45) is 5.73 Å². The molecule has 0 radical (unpaired) electrons. The molecule has 0 spiro atoms. The van der Waals surface area contributed by atoms with E-state index in [0.717, 1.165) is 10.9 Å². The van der Waals surface area contributed by atoms with Gasteiger partial charge in [0.15, 0.2) is 0 Å². The highest BCUT2D eigenvalue weighted by Gasteiger charge is 2.24. The number of nitrogens with two attached hydrogens (primary N) is 1. The third-order valence-corrected chi connectivity index (χ3v) is 5.25. The molecule has 1 rings (SSSR count). The van der Waals surface area contributed by atoms with E-state index in [2.05, 4.69) is 10.6 Å². The lowest BCUT2D eigenvalue weighted by atomic mass is 10.1. The van der Waals surface area contributed by atoms with Crippen LogP contribution in [0.5, 0.6) is 0 Å². The van der Waals surface area contributed by atoms with Crippen LogP contribution in [0.1, 0.15) is 39.2 Å². The fraction of sp³-hybridized carbons (Fsp3) is 0.526. The van der Waals surface area contributed by atoms with Crippen molar-refractivity contribution in [3.05, 3.63) is 29.8 Å². The Hall–Kier alpha value is -2.34. The fourth-order valence-electron chi connectivity index (χ4n) is 2.29.